The fraction of sp³-hybridized carbons (Fsp3) is 0.310. The molecule has 0 radical (unpaired) electrons. The quantitative estimate of drug-likeness (QED) is 0.321. The molecule has 0 spiro atoms. The molecular formula is C29H30FN5O4. The summed E-state index contributed by atoms with van der Waals surface area (Å²) in [6.07, 6.45) is 6.14. The predicted molar refractivity (Wildman–Crippen MR) is 146 cm³/mol. The molecule has 202 valence electrons. The minimum atomic E-state index is -0.457. The Hall–Kier alpha value is -4.47. The lowest BCUT2D eigenvalue weighted by molar-refractivity contribution is -0.131. The largest absolute Gasteiger partial charge is 0.496 e. The summed E-state index contributed by atoms with van der Waals surface area (Å²) in [5, 5.41) is 7.95. The van der Waals surface area contributed by atoms with Gasteiger partial charge in [0, 0.05) is 61.9 Å². The van der Waals surface area contributed by atoms with Crippen molar-refractivity contribution in [2.45, 2.75) is 33.2 Å². The fourth-order valence-electron chi connectivity index (χ4n) is 5.00. The van der Waals surface area contributed by atoms with Crippen LogP contribution < -0.4 is 9.64 Å². The van der Waals surface area contributed by atoms with Gasteiger partial charge in [-0.2, -0.15) is 0 Å². The number of ether oxygens (including phenoxy) is 1. The second kappa shape index (κ2) is 11.1. The second-order valence-corrected chi connectivity index (χ2v) is 9.33. The van der Waals surface area contributed by atoms with E-state index in [1.54, 1.807) is 41.2 Å². The summed E-state index contributed by atoms with van der Waals surface area (Å²) in [5.41, 5.74) is 2.80. The first-order valence-corrected chi connectivity index (χ1v) is 12.9. The number of hydrogen-bond donors (Lipinski definition) is 0. The molecule has 1 aliphatic rings. The number of nitrogens with zero attached hydrogens (tertiary/aromatic N) is 5. The molecule has 0 bridgehead atoms. The van der Waals surface area contributed by atoms with Gasteiger partial charge in [0.15, 0.2) is 0 Å². The third kappa shape index (κ3) is 5.14. The van der Waals surface area contributed by atoms with Gasteiger partial charge in [0.05, 0.1) is 25.2 Å². The average Bonchev–Trinajstić information content (AvgIpc) is 3.63. The topological polar surface area (TPSA) is 93.7 Å². The molecule has 0 saturated heterocycles. The number of aryl methyl sites for hydroxylation is 1. The number of furan rings is 1. The standard InChI is InChI=1S/C29H30FN5O4/c1-4-35(19(2)36)27-17-24-28(30)22(16-23(29(24)39-27)21-9-5-6-10-25(21)38-3)20-8-7-13-33(18-20)26(37)11-14-34-15-12-31-32-34/h5-6,8-10,12,15-17H,4,7,11,13-14,18H2,1-3H3. The Morgan fingerprint density at radius 1 is 1.18 bits per heavy atom. The molecule has 2 aromatic carbocycles. The molecule has 0 N–H and O–H groups in total. The van der Waals surface area contributed by atoms with Crippen molar-refractivity contribution in [2.24, 2.45) is 0 Å². The molecule has 4 aromatic rings. The molecule has 0 aliphatic carbocycles. The van der Waals surface area contributed by atoms with Crippen LogP contribution in [0.2, 0.25) is 0 Å². The number of halogens is 1. The molecule has 2 amide bonds. The maximum Gasteiger partial charge on any atom is 0.226 e. The summed E-state index contributed by atoms with van der Waals surface area (Å²) in [6, 6.07) is 10.8. The normalized spacial score (nSPS) is 13.4. The Morgan fingerprint density at radius 2 is 2.00 bits per heavy atom. The fourth-order valence-corrected chi connectivity index (χ4v) is 5.00. The molecule has 39 heavy (non-hydrogen) atoms. The van der Waals surface area contributed by atoms with Crippen LogP contribution in [0.1, 0.15) is 32.3 Å². The van der Waals surface area contributed by atoms with Gasteiger partial charge in [-0.3, -0.25) is 19.2 Å². The third-order valence-electron chi connectivity index (χ3n) is 6.96. The number of carbonyl (C=O) groups is 2. The minimum Gasteiger partial charge on any atom is -0.496 e. The van der Waals surface area contributed by atoms with E-state index in [4.69, 9.17) is 9.15 Å². The Balaban J connectivity index is 1.56. The van der Waals surface area contributed by atoms with Gasteiger partial charge in [0.1, 0.15) is 17.1 Å². The summed E-state index contributed by atoms with van der Waals surface area (Å²) in [7, 11) is 1.58. The van der Waals surface area contributed by atoms with Crippen molar-refractivity contribution >= 4 is 34.2 Å². The SMILES string of the molecule is CCN(C(C)=O)c1cc2c(F)c(C3=CCCN(C(=O)CCn4ccnn4)C3)cc(-c3ccccc3OC)c2o1. The van der Waals surface area contributed by atoms with Crippen LogP contribution in [0.15, 0.2) is 59.3 Å². The minimum absolute atomic E-state index is 0.0341. The van der Waals surface area contributed by atoms with Crippen molar-refractivity contribution in [1.29, 1.82) is 0 Å². The maximum atomic E-state index is 16.2. The molecule has 0 unspecified atom stereocenters. The molecule has 5 rings (SSSR count). The van der Waals surface area contributed by atoms with E-state index in [-0.39, 0.29) is 36.1 Å². The van der Waals surface area contributed by atoms with Crippen LogP contribution >= 0.6 is 0 Å². The zero-order valence-corrected chi connectivity index (χ0v) is 22.2. The lowest BCUT2D eigenvalue weighted by Gasteiger charge is -2.28. The summed E-state index contributed by atoms with van der Waals surface area (Å²) in [4.78, 5) is 28.4. The number of amides is 2. The molecule has 2 aromatic heterocycles. The molecule has 10 heteroatoms. The van der Waals surface area contributed by atoms with Crippen molar-refractivity contribution in [3.05, 3.63) is 66.2 Å². The van der Waals surface area contributed by atoms with Crippen LogP contribution in [0.3, 0.4) is 0 Å². The van der Waals surface area contributed by atoms with Crippen molar-refractivity contribution in [1.82, 2.24) is 19.9 Å². The summed E-state index contributed by atoms with van der Waals surface area (Å²) >= 11 is 0. The van der Waals surface area contributed by atoms with Gasteiger partial charge < -0.3 is 14.1 Å². The van der Waals surface area contributed by atoms with Gasteiger partial charge >= 0.3 is 0 Å². The molecule has 0 atom stereocenters. The molecular weight excluding hydrogens is 501 g/mol. The molecule has 1 aliphatic heterocycles. The van der Waals surface area contributed by atoms with Gasteiger partial charge in [-0.25, -0.2) is 4.39 Å². The zero-order chi connectivity index (χ0) is 27.5. The first-order valence-electron chi connectivity index (χ1n) is 12.9. The van der Waals surface area contributed by atoms with Crippen LogP contribution in [0.25, 0.3) is 27.7 Å². The van der Waals surface area contributed by atoms with Gasteiger partial charge in [0.25, 0.3) is 0 Å². The van der Waals surface area contributed by atoms with Crippen LogP contribution in [0.5, 0.6) is 5.75 Å². The Morgan fingerprint density at radius 3 is 2.72 bits per heavy atom. The predicted octanol–water partition coefficient (Wildman–Crippen LogP) is 4.92. The number of para-hydroxylation sites is 1. The van der Waals surface area contributed by atoms with E-state index in [2.05, 4.69) is 10.3 Å². The number of rotatable bonds is 8. The van der Waals surface area contributed by atoms with Crippen LogP contribution in [-0.4, -0.2) is 58.5 Å². The Kier molecular flexibility index (Phi) is 7.44. The van der Waals surface area contributed by atoms with E-state index >= 15 is 4.39 Å². The zero-order valence-electron chi connectivity index (χ0n) is 22.2. The van der Waals surface area contributed by atoms with Crippen LogP contribution in [0, 0.1) is 5.82 Å². The van der Waals surface area contributed by atoms with E-state index < -0.39 is 5.82 Å². The van der Waals surface area contributed by atoms with Gasteiger partial charge in [-0.15, -0.1) is 5.10 Å². The van der Waals surface area contributed by atoms with Gasteiger partial charge in [0.2, 0.25) is 17.7 Å². The highest BCUT2D eigenvalue weighted by atomic mass is 19.1. The molecule has 0 fully saturated rings. The highest BCUT2D eigenvalue weighted by molar-refractivity contribution is 6.01. The van der Waals surface area contributed by atoms with Gasteiger partial charge in [-0.05, 0) is 31.1 Å². The highest BCUT2D eigenvalue weighted by Gasteiger charge is 2.26. The lowest BCUT2D eigenvalue weighted by Crippen LogP contribution is -2.36. The van der Waals surface area contributed by atoms with E-state index in [1.165, 1.54) is 11.8 Å². The number of methoxy groups -OCH3 is 1. The van der Waals surface area contributed by atoms with E-state index in [0.717, 1.165) is 5.56 Å². The van der Waals surface area contributed by atoms with E-state index in [9.17, 15) is 9.59 Å². The summed E-state index contributed by atoms with van der Waals surface area (Å²) in [5.74, 6) is 0.186. The summed E-state index contributed by atoms with van der Waals surface area (Å²) in [6.45, 7) is 4.92. The van der Waals surface area contributed by atoms with Crippen molar-refractivity contribution < 1.29 is 23.1 Å². The van der Waals surface area contributed by atoms with Crippen molar-refractivity contribution in [3.8, 4) is 16.9 Å². The Labute approximate surface area is 225 Å². The number of aromatic nitrogens is 3. The number of anilines is 1. The number of hydrogen-bond acceptors (Lipinski definition) is 6. The van der Waals surface area contributed by atoms with Crippen molar-refractivity contribution in [2.75, 3.05) is 31.6 Å². The first kappa shape index (κ1) is 26.1. The maximum absolute atomic E-state index is 16.2. The van der Waals surface area contributed by atoms with E-state index in [0.29, 0.717) is 54.1 Å². The first-order chi connectivity index (χ1) is 18.9. The monoisotopic (exact) mass is 531 g/mol. The number of benzene rings is 2. The number of carbonyl (C=O) groups excluding carboxylic acids is 2. The van der Waals surface area contributed by atoms with E-state index in [1.807, 2.05) is 37.3 Å². The third-order valence-corrected chi connectivity index (χ3v) is 6.96. The average molecular weight is 532 g/mol. The van der Waals surface area contributed by atoms with Crippen molar-refractivity contribution in [3.63, 3.8) is 0 Å². The molecule has 9 nitrogen and oxygen atoms in total. The smallest absolute Gasteiger partial charge is 0.226 e. The molecule has 0 saturated carbocycles. The Bertz CT molecular complexity index is 1540. The van der Waals surface area contributed by atoms with Crippen LogP contribution in [0.4, 0.5) is 10.3 Å². The molecule has 3 heterocycles. The number of fused-ring (bicyclic) bond motifs is 1. The van der Waals surface area contributed by atoms with Gasteiger partial charge in [-0.1, -0.05) is 29.5 Å². The lowest BCUT2D eigenvalue weighted by atomic mass is 9.93. The summed E-state index contributed by atoms with van der Waals surface area (Å²) < 4.78 is 29.6. The van der Waals surface area contributed by atoms with Crippen LogP contribution in [-0.2, 0) is 16.1 Å². The second-order valence-electron chi connectivity index (χ2n) is 9.33. The highest BCUT2D eigenvalue weighted by Crippen LogP contribution is 2.42.